The molecule has 0 aliphatic carbocycles. The minimum atomic E-state index is -0.159. The molecule has 0 N–H and O–H groups in total. The maximum absolute atomic E-state index is 11.6. The van der Waals surface area contributed by atoms with E-state index in [0.717, 1.165) is 77.0 Å². The molecule has 0 saturated carbocycles. The lowest BCUT2D eigenvalue weighted by Crippen LogP contribution is -2.28. The number of allylic oxidation sites excluding steroid dienone is 4. The summed E-state index contributed by atoms with van der Waals surface area (Å²) in [6.07, 6.45) is 36.4. The Morgan fingerprint density at radius 3 is 1.34 bits per heavy atom. The molecule has 0 aromatic rings. The molecule has 0 spiro atoms. The van der Waals surface area contributed by atoms with Gasteiger partial charge in [0.05, 0.1) is 13.2 Å². The van der Waals surface area contributed by atoms with Crippen LogP contribution >= 0.6 is 0 Å². The number of nitrogens with zero attached hydrogens (tertiary/aromatic N) is 1. The molecule has 0 bridgehead atoms. The molecule has 312 valence electrons. The van der Waals surface area contributed by atoms with Crippen molar-refractivity contribution >= 4 is 17.9 Å². The third-order valence-electron chi connectivity index (χ3n) is 9.18. The predicted octanol–water partition coefficient (Wildman–Crippen LogP) is 12.9. The lowest BCUT2D eigenvalue weighted by molar-refractivity contribution is -0.147. The minimum Gasteiger partial charge on any atom is -0.466 e. The van der Waals surface area contributed by atoms with Crippen LogP contribution in [0.4, 0.5) is 0 Å². The Morgan fingerprint density at radius 1 is 0.566 bits per heavy atom. The summed E-state index contributed by atoms with van der Waals surface area (Å²) in [6, 6.07) is 0. The SMILES string of the molecule is CCCC(C)(C)CN(C)C.CCCCOC(=O)CC/C=C\CCCCCCCCC(CCCCCCCC/C=C\CCC(=O)OCCCC)OC(C)=O. The molecule has 0 radical (unpaired) electrons. The first-order chi connectivity index (χ1) is 25.5. The first-order valence-electron chi connectivity index (χ1n) is 21.9. The van der Waals surface area contributed by atoms with Crippen molar-refractivity contribution in [2.45, 2.75) is 215 Å². The summed E-state index contributed by atoms with van der Waals surface area (Å²) >= 11 is 0. The molecule has 0 aromatic heterocycles. The summed E-state index contributed by atoms with van der Waals surface area (Å²) in [6.45, 7) is 14.9. The molecule has 0 heterocycles. The van der Waals surface area contributed by atoms with Crippen molar-refractivity contribution in [3.05, 3.63) is 24.3 Å². The highest BCUT2D eigenvalue weighted by Crippen LogP contribution is 2.22. The zero-order valence-corrected chi connectivity index (χ0v) is 36.3. The van der Waals surface area contributed by atoms with Crippen LogP contribution in [0.2, 0.25) is 0 Å². The molecule has 0 aliphatic heterocycles. The van der Waals surface area contributed by atoms with Gasteiger partial charge in [-0.15, -0.1) is 0 Å². The minimum absolute atomic E-state index is 0.0700. The zero-order valence-electron chi connectivity index (χ0n) is 36.3. The Hall–Kier alpha value is -2.15. The van der Waals surface area contributed by atoms with Crippen LogP contribution < -0.4 is 0 Å². The Kier molecular flexibility index (Phi) is 39.5. The van der Waals surface area contributed by atoms with Gasteiger partial charge in [0.25, 0.3) is 0 Å². The fourth-order valence-electron chi connectivity index (χ4n) is 6.47. The van der Waals surface area contributed by atoms with Crippen LogP contribution in [0.3, 0.4) is 0 Å². The van der Waals surface area contributed by atoms with Gasteiger partial charge in [-0.3, -0.25) is 14.4 Å². The van der Waals surface area contributed by atoms with E-state index < -0.39 is 0 Å². The van der Waals surface area contributed by atoms with Crippen molar-refractivity contribution in [3.63, 3.8) is 0 Å². The Balaban J connectivity index is 0. The van der Waals surface area contributed by atoms with Crippen LogP contribution in [0.1, 0.15) is 208 Å². The van der Waals surface area contributed by atoms with Gasteiger partial charge in [-0.1, -0.05) is 130 Å². The average molecular weight is 750 g/mol. The van der Waals surface area contributed by atoms with Gasteiger partial charge in [0.1, 0.15) is 6.10 Å². The van der Waals surface area contributed by atoms with Crippen LogP contribution in [-0.4, -0.2) is 62.8 Å². The molecule has 0 fully saturated rings. The Bertz CT molecular complexity index is 844. The fraction of sp³-hybridized carbons (Fsp3) is 0.848. The van der Waals surface area contributed by atoms with Crippen LogP contribution in [0, 0.1) is 5.41 Å². The average Bonchev–Trinajstić information content (AvgIpc) is 3.08. The quantitative estimate of drug-likeness (QED) is 0.0276. The molecule has 7 heteroatoms. The number of esters is 3. The highest BCUT2D eigenvalue weighted by Gasteiger charge is 2.16. The number of ether oxygens (including phenoxy) is 3. The van der Waals surface area contributed by atoms with Crippen LogP contribution in [0.5, 0.6) is 0 Å². The van der Waals surface area contributed by atoms with Gasteiger partial charge in [0, 0.05) is 26.3 Å². The van der Waals surface area contributed by atoms with E-state index in [4.69, 9.17) is 14.2 Å². The second-order valence-corrected chi connectivity index (χ2v) is 15.9. The van der Waals surface area contributed by atoms with E-state index in [2.05, 4.69) is 77.9 Å². The summed E-state index contributed by atoms with van der Waals surface area (Å²) in [4.78, 5) is 36.9. The molecule has 53 heavy (non-hydrogen) atoms. The van der Waals surface area contributed by atoms with E-state index in [0.29, 0.717) is 31.5 Å². The van der Waals surface area contributed by atoms with Crippen molar-refractivity contribution in [2.75, 3.05) is 33.9 Å². The van der Waals surface area contributed by atoms with Crippen molar-refractivity contribution < 1.29 is 28.6 Å². The summed E-state index contributed by atoms with van der Waals surface area (Å²) in [5.74, 6) is -0.332. The number of unbranched alkanes of at least 4 members (excludes halogenated alkanes) is 14. The van der Waals surface area contributed by atoms with Gasteiger partial charge in [0.2, 0.25) is 0 Å². The first kappa shape index (κ1) is 53.0. The largest absolute Gasteiger partial charge is 0.466 e. The second kappa shape index (κ2) is 39.5. The van der Waals surface area contributed by atoms with Gasteiger partial charge < -0.3 is 19.1 Å². The maximum atomic E-state index is 11.6. The van der Waals surface area contributed by atoms with Gasteiger partial charge in [0.15, 0.2) is 0 Å². The molecule has 0 aliphatic rings. The van der Waals surface area contributed by atoms with Crippen molar-refractivity contribution in [1.82, 2.24) is 4.90 Å². The molecule has 0 rings (SSSR count). The smallest absolute Gasteiger partial charge is 0.306 e. The third kappa shape index (κ3) is 44.1. The van der Waals surface area contributed by atoms with Gasteiger partial charge >= 0.3 is 17.9 Å². The number of carbonyl (C=O) groups excluding carboxylic acids is 3. The van der Waals surface area contributed by atoms with E-state index in [1.807, 2.05) is 0 Å². The third-order valence-corrected chi connectivity index (χ3v) is 9.18. The van der Waals surface area contributed by atoms with Crippen LogP contribution in [0.25, 0.3) is 0 Å². The number of hydrogen-bond acceptors (Lipinski definition) is 7. The van der Waals surface area contributed by atoms with E-state index in [1.54, 1.807) is 0 Å². The van der Waals surface area contributed by atoms with Gasteiger partial charge in [-0.2, -0.15) is 0 Å². The molecular weight excluding hydrogens is 663 g/mol. The topological polar surface area (TPSA) is 82.1 Å². The summed E-state index contributed by atoms with van der Waals surface area (Å²) in [5.41, 5.74) is 0.498. The number of rotatable bonds is 35. The number of hydrogen-bond donors (Lipinski definition) is 0. The zero-order chi connectivity index (χ0) is 39.8. The summed E-state index contributed by atoms with van der Waals surface area (Å²) < 4.78 is 15.9. The molecular formula is C46H87NO6. The van der Waals surface area contributed by atoms with Crippen molar-refractivity contribution in [3.8, 4) is 0 Å². The second-order valence-electron chi connectivity index (χ2n) is 15.9. The lowest BCUT2D eigenvalue weighted by Gasteiger charge is -2.27. The van der Waals surface area contributed by atoms with E-state index in [1.165, 1.54) is 90.5 Å². The highest BCUT2D eigenvalue weighted by atomic mass is 16.5. The molecule has 0 amide bonds. The summed E-state index contributed by atoms with van der Waals surface area (Å²) in [5, 5.41) is 0. The standard InChI is InChI=1S/C37H66O6.C9H21N/c1-4-6-32-41-36(39)30-26-22-18-14-10-8-12-16-20-24-28-35(43-34(3)38)29-25-21-17-13-9-11-15-19-23-27-31-37(40)42-33-7-5-2;1-6-7-9(2,3)8-10(4)5/h18-19,22-23,35H,4-17,20-21,24-33H2,1-3H3;6-8H2,1-5H3/b22-18-,23-19-;. The molecule has 0 saturated heterocycles. The van der Waals surface area contributed by atoms with Crippen LogP contribution in [-0.2, 0) is 28.6 Å². The summed E-state index contributed by atoms with van der Waals surface area (Å²) in [7, 11) is 4.27. The highest BCUT2D eigenvalue weighted by molar-refractivity contribution is 5.69. The maximum Gasteiger partial charge on any atom is 0.306 e. The molecule has 7 nitrogen and oxygen atoms in total. The number of carbonyl (C=O) groups is 3. The molecule has 0 aromatic carbocycles. The Labute approximate surface area is 328 Å². The molecule has 0 unspecified atom stereocenters. The normalized spacial score (nSPS) is 11.7. The van der Waals surface area contributed by atoms with E-state index >= 15 is 0 Å². The van der Waals surface area contributed by atoms with Crippen molar-refractivity contribution in [1.29, 1.82) is 0 Å². The van der Waals surface area contributed by atoms with E-state index in [-0.39, 0.29) is 24.0 Å². The first-order valence-corrected chi connectivity index (χ1v) is 21.9. The van der Waals surface area contributed by atoms with E-state index in [9.17, 15) is 14.4 Å². The van der Waals surface area contributed by atoms with Crippen molar-refractivity contribution in [2.24, 2.45) is 5.41 Å². The monoisotopic (exact) mass is 750 g/mol. The fourth-order valence-corrected chi connectivity index (χ4v) is 6.47. The van der Waals surface area contributed by atoms with Gasteiger partial charge in [-0.25, -0.2) is 0 Å². The van der Waals surface area contributed by atoms with Gasteiger partial charge in [-0.05, 0) is 103 Å². The predicted molar refractivity (Wildman–Crippen MR) is 225 cm³/mol. The van der Waals surface area contributed by atoms with Crippen LogP contribution in [0.15, 0.2) is 24.3 Å². The lowest BCUT2D eigenvalue weighted by atomic mass is 9.88. The Morgan fingerprint density at radius 2 is 0.962 bits per heavy atom. The molecule has 0 atom stereocenters.